The quantitative estimate of drug-likeness (QED) is 0.851. The largest absolute Gasteiger partial charge is 0.480 e. The maximum absolute atomic E-state index is 12.9. The molecule has 2 heterocycles. The first-order valence-corrected chi connectivity index (χ1v) is 8.69. The summed E-state index contributed by atoms with van der Waals surface area (Å²) < 4.78 is 0. The second-order valence-electron chi connectivity index (χ2n) is 6.40. The Kier molecular flexibility index (Phi) is 5.78. The number of aromatic nitrogens is 2. The molecule has 1 aromatic carbocycles. The number of hydrogen-bond acceptors (Lipinski definition) is 5. The van der Waals surface area contributed by atoms with Crippen molar-refractivity contribution < 1.29 is 14.7 Å². The number of rotatable bonds is 6. The second kappa shape index (κ2) is 8.42. The monoisotopic (exact) mass is 354 g/mol. The Morgan fingerprint density at radius 3 is 2.50 bits per heavy atom. The Balaban J connectivity index is 1.63. The van der Waals surface area contributed by atoms with Gasteiger partial charge in [-0.05, 0) is 18.4 Å². The van der Waals surface area contributed by atoms with Crippen LogP contribution in [0.5, 0.6) is 0 Å². The van der Waals surface area contributed by atoms with Gasteiger partial charge in [-0.25, -0.2) is 4.98 Å². The Hall–Kier alpha value is -2.96. The third kappa shape index (κ3) is 4.56. The van der Waals surface area contributed by atoms with Crippen LogP contribution < -0.4 is 4.90 Å². The number of piperidine rings is 1. The molecule has 0 bridgehead atoms. The van der Waals surface area contributed by atoms with E-state index in [1.807, 2.05) is 30.3 Å². The first-order valence-electron chi connectivity index (χ1n) is 8.69. The summed E-state index contributed by atoms with van der Waals surface area (Å²) in [5.74, 6) is -0.433. The van der Waals surface area contributed by atoms with E-state index in [0.717, 1.165) is 11.4 Å². The zero-order chi connectivity index (χ0) is 18.4. The summed E-state index contributed by atoms with van der Waals surface area (Å²) in [4.78, 5) is 36.0. The van der Waals surface area contributed by atoms with Crippen LogP contribution in [0, 0.1) is 5.92 Å². The van der Waals surface area contributed by atoms with Crippen molar-refractivity contribution in [3.8, 4) is 0 Å². The van der Waals surface area contributed by atoms with E-state index in [9.17, 15) is 14.7 Å². The van der Waals surface area contributed by atoms with Gasteiger partial charge < -0.3 is 14.9 Å². The van der Waals surface area contributed by atoms with Crippen LogP contribution in [0.3, 0.4) is 0 Å². The Bertz CT molecular complexity index is 731. The van der Waals surface area contributed by atoms with Crippen LogP contribution in [-0.4, -0.2) is 51.5 Å². The number of carbonyl (C=O) groups is 2. The standard InChI is InChI=1S/C19H22N4O3/c24-18(25)14-23(13-15-4-2-1-3-5-15)19(26)16-6-10-22(11-7-16)17-12-20-8-9-21-17/h1-5,8-9,12,16H,6-7,10-11,13-14H2,(H,24,25). The van der Waals surface area contributed by atoms with Crippen molar-refractivity contribution in [3.05, 3.63) is 54.5 Å². The van der Waals surface area contributed by atoms with Crippen molar-refractivity contribution in [1.29, 1.82) is 0 Å². The normalized spacial score (nSPS) is 14.8. The summed E-state index contributed by atoms with van der Waals surface area (Å²) in [6.07, 6.45) is 6.36. The molecule has 0 spiro atoms. The van der Waals surface area contributed by atoms with Crippen molar-refractivity contribution in [3.63, 3.8) is 0 Å². The molecule has 0 saturated carbocycles. The number of hydrogen-bond donors (Lipinski definition) is 1. The summed E-state index contributed by atoms with van der Waals surface area (Å²) in [6.45, 7) is 1.46. The van der Waals surface area contributed by atoms with Gasteiger partial charge >= 0.3 is 5.97 Å². The summed E-state index contributed by atoms with van der Waals surface area (Å²) in [5.41, 5.74) is 0.930. The molecule has 2 aromatic rings. The van der Waals surface area contributed by atoms with Gasteiger partial charge in [-0.15, -0.1) is 0 Å². The Morgan fingerprint density at radius 1 is 1.15 bits per heavy atom. The Labute approximate surface area is 152 Å². The molecule has 0 atom stereocenters. The lowest BCUT2D eigenvalue weighted by molar-refractivity contribution is -0.147. The first kappa shape index (κ1) is 17.8. The van der Waals surface area contributed by atoms with Crippen LogP contribution >= 0.6 is 0 Å². The van der Waals surface area contributed by atoms with Gasteiger partial charge in [-0.3, -0.25) is 14.6 Å². The lowest BCUT2D eigenvalue weighted by Gasteiger charge is -2.34. The maximum Gasteiger partial charge on any atom is 0.323 e. The van der Waals surface area contributed by atoms with Gasteiger partial charge in [-0.2, -0.15) is 0 Å². The van der Waals surface area contributed by atoms with Crippen LogP contribution in [-0.2, 0) is 16.1 Å². The lowest BCUT2D eigenvalue weighted by Crippen LogP contribution is -2.44. The van der Waals surface area contributed by atoms with E-state index in [1.165, 1.54) is 4.90 Å². The van der Waals surface area contributed by atoms with Gasteiger partial charge in [-0.1, -0.05) is 30.3 Å². The average Bonchev–Trinajstić information content (AvgIpc) is 2.68. The van der Waals surface area contributed by atoms with E-state index in [-0.39, 0.29) is 18.4 Å². The highest BCUT2D eigenvalue weighted by molar-refractivity contribution is 5.83. The summed E-state index contributed by atoms with van der Waals surface area (Å²) in [6, 6.07) is 9.48. The number of aliphatic carboxylic acids is 1. The molecule has 1 aliphatic rings. The van der Waals surface area contributed by atoms with E-state index >= 15 is 0 Å². The first-order chi connectivity index (χ1) is 12.6. The summed E-state index contributed by atoms with van der Waals surface area (Å²) in [5, 5.41) is 9.18. The molecule has 1 N–H and O–H groups in total. The average molecular weight is 354 g/mol. The number of carboxylic acids is 1. The number of amides is 1. The molecule has 7 nitrogen and oxygen atoms in total. The van der Waals surface area contributed by atoms with Crippen molar-refractivity contribution in [2.24, 2.45) is 5.92 Å². The van der Waals surface area contributed by atoms with Gasteiger partial charge in [0.1, 0.15) is 12.4 Å². The highest BCUT2D eigenvalue weighted by Gasteiger charge is 2.30. The van der Waals surface area contributed by atoms with Crippen molar-refractivity contribution >= 4 is 17.7 Å². The molecule has 1 aromatic heterocycles. The molecule has 1 amide bonds. The molecule has 1 aliphatic heterocycles. The van der Waals surface area contributed by atoms with Gasteiger partial charge in [0.2, 0.25) is 5.91 Å². The molecule has 0 radical (unpaired) electrons. The van der Waals surface area contributed by atoms with E-state index in [4.69, 9.17) is 0 Å². The predicted molar refractivity (Wildman–Crippen MR) is 96.5 cm³/mol. The molecule has 0 unspecified atom stereocenters. The van der Waals surface area contributed by atoms with Crippen LogP contribution in [0.15, 0.2) is 48.9 Å². The van der Waals surface area contributed by atoms with E-state index < -0.39 is 5.97 Å². The molecule has 0 aliphatic carbocycles. The minimum atomic E-state index is -0.994. The number of carbonyl (C=O) groups excluding carboxylic acids is 1. The molecule has 26 heavy (non-hydrogen) atoms. The zero-order valence-electron chi connectivity index (χ0n) is 14.5. The summed E-state index contributed by atoms with van der Waals surface area (Å²) >= 11 is 0. The fraction of sp³-hybridized carbons (Fsp3) is 0.368. The molecule has 1 fully saturated rings. The van der Waals surface area contributed by atoms with E-state index in [0.29, 0.717) is 32.5 Å². The number of nitrogens with zero attached hydrogens (tertiary/aromatic N) is 4. The van der Waals surface area contributed by atoms with Crippen LogP contribution in [0.4, 0.5) is 5.82 Å². The molecule has 3 rings (SSSR count). The third-order valence-electron chi connectivity index (χ3n) is 4.57. The fourth-order valence-corrected chi connectivity index (χ4v) is 3.25. The number of carboxylic acid groups (broad SMARTS) is 1. The van der Waals surface area contributed by atoms with Gasteiger partial charge in [0.15, 0.2) is 0 Å². The SMILES string of the molecule is O=C(O)CN(Cc1ccccc1)C(=O)C1CCN(c2cnccn2)CC1. The lowest BCUT2D eigenvalue weighted by atomic mass is 9.95. The topological polar surface area (TPSA) is 86.6 Å². The maximum atomic E-state index is 12.9. The van der Waals surface area contributed by atoms with Crippen LogP contribution in [0.1, 0.15) is 18.4 Å². The van der Waals surface area contributed by atoms with E-state index in [2.05, 4.69) is 14.9 Å². The Morgan fingerprint density at radius 2 is 1.88 bits per heavy atom. The van der Waals surface area contributed by atoms with Gasteiger partial charge in [0.05, 0.1) is 6.20 Å². The highest BCUT2D eigenvalue weighted by atomic mass is 16.4. The fourth-order valence-electron chi connectivity index (χ4n) is 3.25. The van der Waals surface area contributed by atoms with Gasteiger partial charge in [0, 0.05) is 37.9 Å². The number of anilines is 1. The molecule has 136 valence electrons. The summed E-state index contributed by atoms with van der Waals surface area (Å²) in [7, 11) is 0. The second-order valence-corrected chi connectivity index (χ2v) is 6.40. The molecule has 7 heteroatoms. The van der Waals surface area contributed by atoms with Crippen LogP contribution in [0.25, 0.3) is 0 Å². The van der Waals surface area contributed by atoms with E-state index in [1.54, 1.807) is 18.6 Å². The molecule has 1 saturated heterocycles. The number of benzene rings is 1. The van der Waals surface area contributed by atoms with Crippen LogP contribution in [0.2, 0.25) is 0 Å². The zero-order valence-corrected chi connectivity index (χ0v) is 14.5. The molecular formula is C19H22N4O3. The van der Waals surface area contributed by atoms with Gasteiger partial charge in [0.25, 0.3) is 0 Å². The highest BCUT2D eigenvalue weighted by Crippen LogP contribution is 2.23. The van der Waals surface area contributed by atoms with Crippen molar-refractivity contribution in [1.82, 2.24) is 14.9 Å². The van der Waals surface area contributed by atoms with Crippen molar-refractivity contribution in [2.45, 2.75) is 19.4 Å². The minimum absolute atomic E-state index is 0.0879. The minimum Gasteiger partial charge on any atom is -0.480 e. The predicted octanol–water partition coefficient (Wildman–Crippen LogP) is 1.81. The molecular weight excluding hydrogens is 332 g/mol. The third-order valence-corrected chi connectivity index (χ3v) is 4.57. The smallest absolute Gasteiger partial charge is 0.323 e. The van der Waals surface area contributed by atoms with Crippen molar-refractivity contribution in [2.75, 3.05) is 24.5 Å².